The van der Waals surface area contributed by atoms with Crippen molar-refractivity contribution in [2.24, 2.45) is 0 Å². The Labute approximate surface area is 201 Å². The number of pyridine rings is 1. The highest BCUT2D eigenvalue weighted by atomic mass is 35.5. The van der Waals surface area contributed by atoms with E-state index in [9.17, 15) is 4.39 Å². The molecule has 0 radical (unpaired) electrons. The smallest absolute Gasteiger partial charge is 0.143 e. The van der Waals surface area contributed by atoms with Crippen molar-refractivity contribution in [2.75, 3.05) is 31.6 Å². The predicted molar refractivity (Wildman–Crippen MR) is 132 cm³/mol. The number of hydrogen-bond acceptors (Lipinski definition) is 6. The monoisotopic (exact) mass is 480 g/mol. The number of hydrogen-bond donors (Lipinski definition) is 2. The van der Waals surface area contributed by atoms with E-state index in [0.29, 0.717) is 22.7 Å². The van der Waals surface area contributed by atoms with Gasteiger partial charge in [-0.3, -0.25) is 9.88 Å². The van der Waals surface area contributed by atoms with E-state index in [2.05, 4.69) is 30.2 Å². The lowest BCUT2D eigenvalue weighted by molar-refractivity contribution is 0.00791. The predicted octanol–water partition coefficient (Wildman–Crippen LogP) is 5.02. The molecule has 34 heavy (non-hydrogen) atoms. The molecule has 0 unspecified atom stereocenters. The van der Waals surface area contributed by atoms with E-state index < -0.39 is 5.82 Å². The number of halogens is 2. The molecule has 2 fully saturated rings. The van der Waals surface area contributed by atoms with Gasteiger partial charge in [0, 0.05) is 53.4 Å². The molecule has 0 spiro atoms. The van der Waals surface area contributed by atoms with Gasteiger partial charge in [-0.05, 0) is 43.9 Å². The molecular formula is C25H26ClFN6O. The molecule has 0 bridgehead atoms. The van der Waals surface area contributed by atoms with Crippen LogP contribution in [0.3, 0.4) is 0 Å². The van der Waals surface area contributed by atoms with Crippen LogP contribution in [0.1, 0.15) is 25.7 Å². The summed E-state index contributed by atoms with van der Waals surface area (Å²) in [6, 6.07) is 6.27. The highest BCUT2D eigenvalue weighted by Gasteiger charge is 2.27. The van der Waals surface area contributed by atoms with Gasteiger partial charge in [0.05, 0.1) is 29.8 Å². The Bertz CT molecular complexity index is 1330. The first kappa shape index (κ1) is 21.7. The molecule has 9 heteroatoms. The zero-order chi connectivity index (χ0) is 23.1. The third kappa shape index (κ3) is 4.10. The minimum atomic E-state index is -0.397. The van der Waals surface area contributed by atoms with Crippen molar-refractivity contribution in [3.63, 3.8) is 0 Å². The lowest BCUT2D eigenvalue weighted by atomic mass is 9.90. The van der Waals surface area contributed by atoms with Crippen LogP contribution >= 0.6 is 11.6 Å². The first-order chi connectivity index (χ1) is 16.7. The van der Waals surface area contributed by atoms with Crippen molar-refractivity contribution < 1.29 is 9.13 Å². The summed E-state index contributed by atoms with van der Waals surface area (Å²) in [6.45, 7) is 3.76. The number of ether oxygens (including phenoxy) is 1. The summed E-state index contributed by atoms with van der Waals surface area (Å²) in [5.41, 5.74) is 2.98. The van der Waals surface area contributed by atoms with Crippen molar-refractivity contribution in [1.82, 2.24) is 24.8 Å². The third-order valence-corrected chi connectivity index (χ3v) is 7.41. The Balaban J connectivity index is 1.30. The first-order valence-corrected chi connectivity index (χ1v) is 12.2. The summed E-state index contributed by atoms with van der Waals surface area (Å²) in [5, 5.41) is 6.09. The van der Waals surface area contributed by atoms with Crippen LogP contribution in [-0.4, -0.2) is 63.2 Å². The Morgan fingerprint density at radius 1 is 1.06 bits per heavy atom. The van der Waals surface area contributed by atoms with Gasteiger partial charge in [-0.25, -0.2) is 14.4 Å². The standard InChI is InChI=1S/C25H26ClFN6O/c26-21-11-22-20(10-19(21)15-9-16(27)13-28-12-15)23-24(29-14-30-25(23)32-22)31-17-1-3-18(4-2-17)33-5-7-34-8-6-33/h9-14,17-18H,1-8H2,(H2,29,30,31,32)/t17-,18-. The van der Waals surface area contributed by atoms with Gasteiger partial charge < -0.3 is 15.0 Å². The lowest BCUT2D eigenvalue weighted by Crippen LogP contribution is -2.46. The lowest BCUT2D eigenvalue weighted by Gasteiger charge is -2.39. The van der Waals surface area contributed by atoms with E-state index in [-0.39, 0.29) is 0 Å². The maximum atomic E-state index is 13.8. The Hall–Kier alpha value is -2.81. The van der Waals surface area contributed by atoms with Gasteiger partial charge in [-0.1, -0.05) is 11.6 Å². The molecule has 6 rings (SSSR count). The maximum absolute atomic E-state index is 13.8. The van der Waals surface area contributed by atoms with Crippen LogP contribution in [0.15, 0.2) is 36.9 Å². The molecule has 2 N–H and O–H groups in total. The van der Waals surface area contributed by atoms with Gasteiger partial charge in [-0.15, -0.1) is 0 Å². The average Bonchev–Trinajstić information content (AvgIpc) is 3.22. The summed E-state index contributed by atoms with van der Waals surface area (Å²) in [7, 11) is 0. The number of fused-ring (bicyclic) bond motifs is 3. The van der Waals surface area contributed by atoms with E-state index >= 15 is 0 Å². The summed E-state index contributed by atoms with van der Waals surface area (Å²) < 4.78 is 19.3. The summed E-state index contributed by atoms with van der Waals surface area (Å²) in [5.74, 6) is 0.419. The molecule has 1 saturated carbocycles. The van der Waals surface area contributed by atoms with E-state index in [1.165, 1.54) is 25.1 Å². The van der Waals surface area contributed by atoms with Gasteiger partial charge in [0.2, 0.25) is 0 Å². The fraction of sp³-hybridized carbons (Fsp3) is 0.400. The summed E-state index contributed by atoms with van der Waals surface area (Å²) in [6.07, 6.45) is 8.93. The molecule has 1 aliphatic carbocycles. The number of benzene rings is 1. The van der Waals surface area contributed by atoms with E-state index in [1.807, 2.05) is 12.1 Å². The van der Waals surface area contributed by atoms with Crippen LogP contribution in [0.2, 0.25) is 5.02 Å². The second kappa shape index (κ2) is 9.09. The molecule has 2 aliphatic rings. The van der Waals surface area contributed by atoms with E-state index in [0.717, 1.165) is 72.5 Å². The molecule has 1 aromatic carbocycles. The number of aromatic nitrogens is 4. The molecule has 1 saturated heterocycles. The molecule has 1 aliphatic heterocycles. The molecule has 176 valence electrons. The van der Waals surface area contributed by atoms with E-state index in [4.69, 9.17) is 16.3 Å². The van der Waals surface area contributed by atoms with Crippen molar-refractivity contribution >= 4 is 39.4 Å². The van der Waals surface area contributed by atoms with E-state index in [1.54, 1.807) is 12.5 Å². The topological polar surface area (TPSA) is 79.0 Å². The second-order valence-corrected chi connectivity index (χ2v) is 9.55. The number of H-pyrrole nitrogens is 1. The average molecular weight is 481 g/mol. The fourth-order valence-electron chi connectivity index (χ4n) is 5.36. The minimum Gasteiger partial charge on any atom is -0.379 e. The van der Waals surface area contributed by atoms with Crippen LogP contribution in [0.5, 0.6) is 0 Å². The minimum absolute atomic E-state index is 0.361. The SMILES string of the molecule is Fc1cncc(-c2cc3c(cc2Cl)[nH]c2ncnc(N[C@H]4CC[C@H](N5CCOCC5)CC4)c23)c1. The fourth-order valence-corrected chi connectivity index (χ4v) is 5.63. The Morgan fingerprint density at radius 2 is 1.88 bits per heavy atom. The maximum Gasteiger partial charge on any atom is 0.143 e. The number of morpholine rings is 1. The summed E-state index contributed by atoms with van der Waals surface area (Å²) in [4.78, 5) is 19.0. The highest BCUT2D eigenvalue weighted by Crippen LogP contribution is 2.37. The van der Waals surface area contributed by atoms with Gasteiger partial charge in [0.15, 0.2) is 0 Å². The zero-order valence-corrected chi connectivity index (χ0v) is 19.5. The van der Waals surface area contributed by atoms with Crippen LogP contribution in [-0.2, 0) is 4.74 Å². The van der Waals surface area contributed by atoms with Crippen LogP contribution in [0.4, 0.5) is 10.2 Å². The Kier molecular flexibility index (Phi) is 5.80. The number of nitrogens with one attached hydrogen (secondary N) is 2. The molecule has 0 amide bonds. The quantitative estimate of drug-likeness (QED) is 0.427. The number of rotatable bonds is 4. The Morgan fingerprint density at radius 3 is 2.68 bits per heavy atom. The first-order valence-electron chi connectivity index (χ1n) is 11.8. The summed E-state index contributed by atoms with van der Waals surface area (Å²) >= 11 is 6.56. The molecule has 3 aromatic heterocycles. The van der Waals surface area contributed by atoms with Crippen LogP contribution in [0.25, 0.3) is 33.1 Å². The second-order valence-electron chi connectivity index (χ2n) is 9.14. The molecule has 4 heterocycles. The molecular weight excluding hydrogens is 455 g/mol. The van der Waals surface area contributed by atoms with Gasteiger partial charge in [-0.2, -0.15) is 0 Å². The van der Waals surface area contributed by atoms with Crippen molar-refractivity contribution in [3.8, 4) is 11.1 Å². The molecule has 0 atom stereocenters. The largest absolute Gasteiger partial charge is 0.379 e. The van der Waals surface area contributed by atoms with Crippen molar-refractivity contribution in [3.05, 3.63) is 47.8 Å². The van der Waals surface area contributed by atoms with Crippen molar-refractivity contribution in [1.29, 1.82) is 0 Å². The zero-order valence-electron chi connectivity index (χ0n) is 18.7. The molecule has 7 nitrogen and oxygen atoms in total. The van der Waals surface area contributed by atoms with Gasteiger partial charge in [0.1, 0.15) is 23.6 Å². The van der Waals surface area contributed by atoms with Crippen molar-refractivity contribution in [2.45, 2.75) is 37.8 Å². The number of nitrogens with zero attached hydrogens (tertiary/aromatic N) is 4. The van der Waals surface area contributed by atoms with Gasteiger partial charge >= 0.3 is 0 Å². The molecule has 4 aromatic rings. The highest BCUT2D eigenvalue weighted by molar-refractivity contribution is 6.34. The van der Waals surface area contributed by atoms with Crippen LogP contribution < -0.4 is 5.32 Å². The normalized spacial score (nSPS) is 21.8. The number of anilines is 1. The van der Waals surface area contributed by atoms with Crippen LogP contribution in [0, 0.1) is 5.82 Å². The van der Waals surface area contributed by atoms with Gasteiger partial charge in [0.25, 0.3) is 0 Å². The third-order valence-electron chi connectivity index (χ3n) is 7.09. The number of aromatic amines is 1.